The first-order valence-electron chi connectivity index (χ1n) is 9.06. The van der Waals surface area contributed by atoms with Crippen LogP contribution in [0.5, 0.6) is 0 Å². The number of hydrogen-bond donors (Lipinski definition) is 2. The quantitative estimate of drug-likeness (QED) is 0.738. The Kier molecular flexibility index (Phi) is 6.17. The first-order chi connectivity index (χ1) is 12.6. The Morgan fingerprint density at radius 1 is 1.26 bits per heavy atom. The summed E-state index contributed by atoms with van der Waals surface area (Å²) in [5.41, 5.74) is 0.899. The molecule has 0 unspecified atom stereocenters. The lowest BCUT2D eigenvalue weighted by molar-refractivity contribution is -0.0674. The second kappa shape index (κ2) is 8.08. The number of ether oxygens (including phenoxy) is 1. The molecule has 0 aliphatic carbocycles. The van der Waals surface area contributed by atoms with Gasteiger partial charge in [0.05, 0.1) is 29.8 Å². The minimum Gasteiger partial charge on any atom is -0.389 e. The number of sulfone groups is 1. The van der Waals surface area contributed by atoms with E-state index in [2.05, 4.69) is 5.32 Å². The van der Waals surface area contributed by atoms with E-state index in [4.69, 9.17) is 4.74 Å². The van der Waals surface area contributed by atoms with Gasteiger partial charge in [-0.2, -0.15) is 0 Å². The molecule has 1 aromatic rings. The molecule has 0 radical (unpaired) electrons. The molecule has 27 heavy (non-hydrogen) atoms. The molecule has 0 spiro atoms. The Bertz CT molecular complexity index is 732. The summed E-state index contributed by atoms with van der Waals surface area (Å²) in [5.74, 6) is -2.58. The molecule has 152 valence electrons. The van der Waals surface area contributed by atoms with Crippen molar-refractivity contribution in [2.75, 3.05) is 32.5 Å². The standard InChI is InChI=1S/C18H26F2N2O4S/c1-27(24,25)14-4-2-13(3-5-14)10-21-15-12-26-16(17(15)23)11-22-8-6-18(19,20)7-9-22/h2-5,15-17,21,23H,6-12H2,1H3/t15-,16-,17+/m0/s1. The van der Waals surface area contributed by atoms with Crippen molar-refractivity contribution >= 4 is 9.84 Å². The average molecular weight is 404 g/mol. The lowest BCUT2D eigenvalue weighted by Gasteiger charge is -2.33. The molecule has 2 heterocycles. The minimum atomic E-state index is -3.22. The van der Waals surface area contributed by atoms with Crippen molar-refractivity contribution in [2.24, 2.45) is 0 Å². The zero-order valence-corrected chi connectivity index (χ0v) is 16.1. The van der Waals surface area contributed by atoms with Gasteiger partial charge >= 0.3 is 0 Å². The Morgan fingerprint density at radius 3 is 2.48 bits per heavy atom. The molecule has 3 rings (SSSR count). The van der Waals surface area contributed by atoms with Gasteiger partial charge in [0.1, 0.15) is 0 Å². The second-order valence-electron chi connectivity index (χ2n) is 7.42. The van der Waals surface area contributed by atoms with Gasteiger partial charge in [-0.05, 0) is 17.7 Å². The number of aliphatic hydroxyl groups is 1. The third-order valence-electron chi connectivity index (χ3n) is 5.23. The molecule has 2 fully saturated rings. The summed E-state index contributed by atoms with van der Waals surface area (Å²) in [6.07, 6.45) is -0.262. The Hall–Kier alpha value is -1.13. The second-order valence-corrected chi connectivity index (χ2v) is 9.44. The third kappa shape index (κ3) is 5.45. The molecule has 0 bridgehead atoms. The van der Waals surface area contributed by atoms with E-state index in [1.54, 1.807) is 24.3 Å². The highest BCUT2D eigenvalue weighted by Crippen LogP contribution is 2.28. The smallest absolute Gasteiger partial charge is 0.250 e. The zero-order valence-electron chi connectivity index (χ0n) is 15.3. The normalized spacial score (nSPS) is 29.1. The molecule has 2 aliphatic heterocycles. The first kappa shape index (κ1) is 20.6. The molecule has 6 nitrogen and oxygen atoms in total. The number of aliphatic hydroxyl groups excluding tert-OH is 1. The highest BCUT2D eigenvalue weighted by molar-refractivity contribution is 7.90. The number of hydrogen-bond acceptors (Lipinski definition) is 6. The van der Waals surface area contributed by atoms with Gasteiger partial charge in [-0.15, -0.1) is 0 Å². The van der Waals surface area contributed by atoms with Crippen LogP contribution in [0.1, 0.15) is 18.4 Å². The van der Waals surface area contributed by atoms with Crippen LogP contribution in [0.3, 0.4) is 0 Å². The van der Waals surface area contributed by atoms with Crippen molar-refractivity contribution in [3.05, 3.63) is 29.8 Å². The number of benzene rings is 1. The molecule has 2 saturated heterocycles. The summed E-state index contributed by atoms with van der Waals surface area (Å²) >= 11 is 0. The van der Waals surface area contributed by atoms with Crippen LogP contribution in [0, 0.1) is 0 Å². The topological polar surface area (TPSA) is 78.9 Å². The fourth-order valence-corrected chi connectivity index (χ4v) is 4.08. The highest BCUT2D eigenvalue weighted by atomic mass is 32.2. The van der Waals surface area contributed by atoms with Crippen LogP contribution < -0.4 is 5.32 Å². The van der Waals surface area contributed by atoms with Gasteiger partial charge in [0, 0.05) is 45.3 Å². The lowest BCUT2D eigenvalue weighted by atomic mass is 10.0. The van der Waals surface area contributed by atoms with E-state index in [9.17, 15) is 22.3 Å². The molecule has 9 heteroatoms. The number of alkyl halides is 2. The van der Waals surface area contributed by atoms with Gasteiger partial charge in [0.15, 0.2) is 9.84 Å². The van der Waals surface area contributed by atoms with E-state index in [1.807, 2.05) is 4.90 Å². The van der Waals surface area contributed by atoms with E-state index in [0.29, 0.717) is 32.8 Å². The summed E-state index contributed by atoms with van der Waals surface area (Å²) in [4.78, 5) is 2.18. The van der Waals surface area contributed by atoms with Crippen LogP contribution in [0.2, 0.25) is 0 Å². The highest BCUT2D eigenvalue weighted by Gasteiger charge is 2.39. The molecule has 2 N–H and O–H groups in total. The van der Waals surface area contributed by atoms with Crippen molar-refractivity contribution in [3.63, 3.8) is 0 Å². The summed E-state index contributed by atoms with van der Waals surface area (Å²) in [6, 6.07) is 6.33. The largest absolute Gasteiger partial charge is 0.389 e. The summed E-state index contributed by atoms with van der Waals surface area (Å²) in [6.45, 7) is 1.88. The summed E-state index contributed by atoms with van der Waals surface area (Å²) in [7, 11) is -3.22. The molecule has 0 amide bonds. The maximum atomic E-state index is 13.2. The Balaban J connectivity index is 1.47. The molecule has 0 aromatic heterocycles. The van der Waals surface area contributed by atoms with E-state index in [1.165, 1.54) is 0 Å². The monoisotopic (exact) mass is 404 g/mol. The first-order valence-corrected chi connectivity index (χ1v) is 11.0. The van der Waals surface area contributed by atoms with Crippen molar-refractivity contribution in [1.29, 1.82) is 0 Å². The molecule has 2 aliphatic rings. The van der Waals surface area contributed by atoms with Gasteiger partial charge in [-0.3, -0.25) is 0 Å². The van der Waals surface area contributed by atoms with Crippen molar-refractivity contribution in [2.45, 2.75) is 48.5 Å². The molecular weight excluding hydrogens is 378 g/mol. The number of nitrogens with one attached hydrogen (secondary N) is 1. The van der Waals surface area contributed by atoms with Crippen LogP contribution in [0.25, 0.3) is 0 Å². The fourth-order valence-electron chi connectivity index (χ4n) is 3.44. The number of halogens is 2. The predicted molar refractivity (Wildman–Crippen MR) is 96.5 cm³/mol. The van der Waals surface area contributed by atoms with E-state index in [0.717, 1.165) is 11.8 Å². The number of likely N-dealkylation sites (tertiary alicyclic amines) is 1. The zero-order chi connectivity index (χ0) is 19.7. The fraction of sp³-hybridized carbons (Fsp3) is 0.667. The minimum absolute atomic E-state index is 0.152. The van der Waals surface area contributed by atoms with Gasteiger partial charge in [0.2, 0.25) is 0 Å². The molecule has 3 atom stereocenters. The number of rotatable bonds is 6. The maximum Gasteiger partial charge on any atom is 0.250 e. The maximum absolute atomic E-state index is 13.2. The van der Waals surface area contributed by atoms with Crippen LogP contribution in [0.15, 0.2) is 29.2 Å². The van der Waals surface area contributed by atoms with Crippen LogP contribution >= 0.6 is 0 Å². The van der Waals surface area contributed by atoms with Crippen LogP contribution in [0.4, 0.5) is 8.78 Å². The van der Waals surface area contributed by atoms with Gasteiger partial charge in [0.25, 0.3) is 5.92 Å². The van der Waals surface area contributed by atoms with Gasteiger partial charge in [-0.1, -0.05) is 12.1 Å². The third-order valence-corrected chi connectivity index (χ3v) is 6.36. The SMILES string of the molecule is CS(=O)(=O)c1ccc(CN[C@H]2CO[C@@H](CN3CCC(F)(F)CC3)[C@@H]2O)cc1. The predicted octanol–water partition coefficient (Wildman–Crippen LogP) is 1.04. The van der Waals surface area contributed by atoms with Crippen LogP contribution in [-0.4, -0.2) is 75.1 Å². The summed E-state index contributed by atoms with van der Waals surface area (Å²) < 4.78 is 55.1. The summed E-state index contributed by atoms with van der Waals surface area (Å²) in [5, 5.41) is 13.7. The van der Waals surface area contributed by atoms with Crippen molar-refractivity contribution in [1.82, 2.24) is 10.2 Å². The number of nitrogens with zero attached hydrogens (tertiary/aromatic N) is 1. The van der Waals surface area contributed by atoms with Crippen molar-refractivity contribution < 1.29 is 27.0 Å². The van der Waals surface area contributed by atoms with Crippen molar-refractivity contribution in [3.8, 4) is 0 Å². The Morgan fingerprint density at radius 2 is 1.89 bits per heavy atom. The molecular formula is C18H26F2N2O4S. The van der Waals surface area contributed by atoms with E-state index in [-0.39, 0.29) is 23.8 Å². The lowest BCUT2D eigenvalue weighted by Crippen LogP contribution is -2.47. The van der Waals surface area contributed by atoms with Crippen LogP contribution in [-0.2, 0) is 21.1 Å². The van der Waals surface area contributed by atoms with E-state index < -0.39 is 28.0 Å². The van der Waals surface area contributed by atoms with E-state index >= 15 is 0 Å². The average Bonchev–Trinajstić information content (AvgIpc) is 2.94. The molecule has 0 saturated carbocycles. The number of piperidine rings is 1. The Labute approximate surface area is 158 Å². The van der Waals surface area contributed by atoms with Gasteiger partial charge < -0.3 is 20.1 Å². The molecule has 1 aromatic carbocycles. The van der Waals surface area contributed by atoms with Gasteiger partial charge in [-0.25, -0.2) is 17.2 Å².